The summed E-state index contributed by atoms with van der Waals surface area (Å²) in [5, 5.41) is 0. The molecule has 1 aromatic rings. The zero-order chi connectivity index (χ0) is 10.3. The zero-order valence-electron chi connectivity index (χ0n) is 8.86. The van der Waals surface area contributed by atoms with Gasteiger partial charge in [0.05, 0.1) is 0 Å². The van der Waals surface area contributed by atoms with Crippen molar-refractivity contribution in [2.75, 3.05) is 0 Å². The summed E-state index contributed by atoms with van der Waals surface area (Å²) in [5.74, 6) is 2.17. The van der Waals surface area contributed by atoms with Gasteiger partial charge in [0.1, 0.15) is 0 Å². The van der Waals surface area contributed by atoms with Gasteiger partial charge in [-0.25, -0.2) is 0 Å². The van der Waals surface area contributed by atoms with Crippen LogP contribution in [0.1, 0.15) is 36.0 Å². The van der Waals surface area contributed by atoms with Crippen LogP contribution in [-0.4, -0.2) is 5.78 Å². The van der Waals surface area contributed by atoms with E-state index in [1.54, 1.807) is 0 Å². The highest BCUT2D eigenvalue weighted by atomic mass is 16.1. The maximum atomic E-state index is 12.2. The van der Waals surface area contributed by atoms with Crippen LogP contribution in [0.25, 0.3) is 0 Å². The first-order chi connectivity index (χ1) is 7.36. The van der Waals surface area contributed by atoms with Gasteiger partial charge in [-0.2, -0.15) is 0 Å². The lowest BCUT2D eigenvalue weighted by Crippen LogP contribution is -2.45. The molecule has 0 spiro atoms. The fraction of sp³-hybridized carbons (Fsp3) is 0.500. The summed E-state index contributed by atoms with van der Waals surface area (Å²) in [6, 6.07) is 9.80. The second-order valence-electron chi connectivity index (χ2n) is 4.94. The Balaban J connectivity index is 1.81. The third-order valence-electron chi connectivity index (χ3n) is 4.13. The lowest BCUT2D eigenvalue weighted by atomic mass is 9.55. The van der Waals surface area contributed by atoms with E-state index in [9.17, 15) is 4.79 Å². The predicted molar refractivity (Wildman–Crippen MR) is 59.7 cm³/mol. The molecule has 1 nitrogen and oxygen atoms in total. The number of benzene rings is 1. The average Bonchev–Trinajstić information content (AvgIpc) is 2.31. The minimum atomic E-state index is 0.362. The monoisotopic (exact) mass is 200 g/mol. The van der Waals surface area contributed by atoms with E-state index in [1.165, 1.54) is 25.7 Å². The lowest BCUT2D eigenvalue weighted by molar-refractivity contribution is 0.0180. The van der Waals surface area contributed by atoms with E-state index < -0.39 is 0 Å². The summed E-state index contributed by atoms with van der Waals surface area (Å²) in [7, 11) is 0. The maximum absolute atomic E-state index is 12.2. The first kappa shape index (κ1) is 9.14. The van der Waals surface area contributed by atoms with E-state index in [-0.39, 0.29) is 0 Å². The van der Waals surface area contributed by atoms with Crippen molar-refractivity contribution in [2.45, 2.75) is 25.7 Å². The number of Topliss-reactive ketones (excluding diaryl/α,β-unsaturated/α-hetero) is 1. The quantitative estimate of drug-likeness (QED) is 0.669. The Kier molecular flexibility index (Phi) is 2.12. The van der Waals surface area contributed by atoms with Crippen LogP contribution in [0.2, 0.25) is 0 Å². The van der Waals surface area contributed by atoms with Gasteiger partial charge in [-0.3, -0.25) is 4.79 Å². The molecular weight excluding hydrogens is 184 g/mol. The van der Waals surface area contributed by atoms with E-state index in [2.05, 4.69) is 0 Å². The lowest BCUT2D eigenvalue weighted by Gasteiger charge is -2.48. The number of fused-ring (bicyclic) bond motifs is 2. The summed E-state index contributed by atoms with van der Waals surface area (Å²) in [6.45, 7) is 0. The summed E-state index contributed by atoms with van der Waals surface area (Å²) in [6.07, 6.45) is 5.20. The Bertz CT molecular complexity index is 354. The molecule has 3 rings (SSSR count). The maximum Gasteiger partial charge on any atom is 0.166 e. The molecule has 2 bridgehead atoms. The van der Waals surface area contributed by atoms with E-state index in [0.29, 0.717) is 23.5 Å². The van der Waals surface area contributed by atoms with Gasteiger partial charge in [0, 0.05) is 11.5 Å². The number of hydrogen-bond acceptors (Lipinski definition) is 1. The summed E-state index contributed by atoms with van der Waals surface area (Å²) >= 11 is 0. The van der Waals surface area contributed by atoms with Crippen LogP contribution in [0, 0.1) is 17.8 Å². The Hall–Kier alpha value is -1.11. The molecule has 0 N–H and O–H groups in total. The Morgan fingerprint density at radius 1 is 1.07 bits per heavy atom. The highest BCUT2D eigenvalue weighted by molar-refractivity contribution is 5.98. The van der Waals surface area contributed by atoms with E-state index in [4.69, 9.17) is 0 Å². The predicted octanol–water partition coefficient (Wildman–Crippen LogP) is 3.31. The van der Waals surface area contributed by atoms with Crippen molar-refractivity contribution in [3.8, 4) is 0 Å². The fourth-order valence-corrected chi connectivity index (χ4v) is 3.33. The standard InChI is InChI=1S/C14H16O/c15-14(10-5-2-1-3-6-10)13-11-7-4-8-12(13)9-11/h1-3,5-6,11-13H,4,7-9H2. The third kappa shape index (κ3) is 1.41. The van der Waals surface area contributed by atoms with Gasteiger partial charge >= 0.3 is 0 Å². The highest BCUT2D eigenvalue weighted by Gasteiger charge is 2.47. The third-order valence-corrected chi connectivity index (χ3v) is 4.13. The summed E-state index contributed by atoms with van der Waals surface area (Å²) < 4.78 is 0. The molecule has 0 saturated heterocycles. The Labute approximate surface area is 90.5 Å². The molecule has 2 aliphatic carbocycles. The zero-order valence-corrected chi connectivity index (χ0v) is 8.86. The second-order valence-corrected chi connectivity index (χ2v) is 4.94. The van der Waals surface area contributed by atoms with Crippen LogP contribution in [0.5, 0.6) is 0 Å². The van der Waals surface area contributed by atoms with Crippen molar-refractivity contribution < 1.29 is 4.79 Å². The molecule has 1 aromatic carbocycles. The molecule has 78 valence electrons. The number of ketones is 1. The molecule has 2 atom stereocenters. The number of rotatable bonds is 2. The van der Waals surface area contributed by atoms with Gasteiger partial charge < -0.3 is 0 Å². The molecule has 1 heteroatoms. The second kappa shape index (κ2) is 3.48. The number of carbonyl (C=O) groups excluding carboxylic acids is 1. The molecule has 2 aliphatic rings. The van der Waals surface area contributed by atoms with Crippen molar-refractivity contribution in [1.29, 1.82) is 0 Å². The first-order valence-corrected chi connectivity index (χ1v) is 5.95. The molecule has 2 fully saturated rings. The average molecular weight is 200 g/mol. The van der Waals surface area contributed by atoms with Gasteiger partial charge in [-0.1, -0.05) is 36.8 Å². The van der Waals surface area contributed by atoms with Crippen LogP contribution in [0.15, 0.2) is 30.3 Å². The molecular formula is C14H16O. The number of hydrogen-bond donors (Lipinski definition) is 0. The molecule has 15 heavy (non-hydrogen) atoms. The largest absolute Gasteiger partial charge is 0.294 e. The van der Waals surface area contributed by atoms with Crippen molar-refractivity contribution in [3.05, 3.63) is 35.9 Å². The molecule has 0 radical (unpaired) electrons. The first-order valence-electron chi connectivity index (χ1n) is 5.95. The van der Waals surface area contributed by atoms with E-state index in [0.717, 1.165) is 5.56 Å². The molecule has 0 aliphatic heterocycles. The van der Waals surface area contributed by atoms with Crippen molar-refractivity contribution >= 4 is 5.78 Å². The van der Waals surface area contributed by atoms with Gasteiger partial charge in [-0.15, -0.1) is 0 Å². The molecule has 2 unspecified atom stereocenters. The molecule has 0 heterocycles. The normalized spacial score (nSPS) is 33.2. The van der Waals surface area contributed by atoms with Crippen LogP contribution >= 0.6 is 0 Å². The highest BCUT2D eigenvalue weighted by Crippen LogP contribution is 2.51. The molecule has 0 aromatic heterocycles. The van der Waals surface area contributed by atoms with Gasteiger partial charge in [0.2, 0.25) is 0 Å². The molecule has 2 saturated carbocycles. The van der Waals surface area contributed by atoms with Crippen LogP contribution in [-0.2, 0) is 0 Å². The summed E-state index contributed by atoms with van der Waals surface area (Å²) in [4.78, 5) is 12.2. The summed E-state index contributed by atoms with van der Waals surface area (Å²) in [5.41, 5.74) is 0.916. The molecule has 0 amide bonds. The van der Waals surface area contributed by atoms with Crippen molar-refractivity contribution in [1.82, 2.24) is 0 Å². The minimum absolute atomic E-state index is 0.362. The SMILES string of the molecule is O=C(c1ccccc1)C1C2CCCC1C2. The minimum Gasteiger partial charge on any atom is -0.294 e. The van der Waals surface area contributed by atoms with Gasteiger partial charge in [0.25, 0.3) is 0 Å². The van der Waals surface area contributed by atoms with Crippen LogP contribution in [0.3, 0.4) is 0 Å². The smallest absolute Gasteiger partial charge is 0.166 e. The van der Waals surface area contributed by atoms with E-state index in [1.807, 2.05) is 30.3 Å². The van der Waals surface area contributed by atoms with Gasteiger partial charge in [-0.05, 0) is 31.1 Å². The van der Waals surface area contributed by atoms with Gasteiger partial charge in [0.15, 0.2) is 5.78 Å². The van der Waals surface area contributed by atoms with Crippen molar-refractivity contribution in [3.63, 3.8) is 0 Å². The van der Waals surface area contributed by atoms with Crippen LogP contribution in [0.4, 0.5) is 0 Å². The Morgan fingerprint density at radius 3 is 2.33 bits per heavy atom. The fourth-order valence-electron chi connectivity index (χ4n) is 3.33. The number of carbonyl (C=O) groups is 1. The van der Waals surface area contributed by atoms with Crippen LogP contribution < -0.4 is 0 Å². The topological polar surface area (TPSA) is 17.1 Å². The Morgan fingerprint density at radius 2 is 1.73 bits per heavy atom. The van der Waals surface area contributed by atoms with E-state index >= 15 is 0 Å². The van der Waals surface area contributed by atoms with Crippen molar-refractivity contribution in [2.24, 2.45) is 17.8 Å².